The largest absolute Gasteiger partial charge is 0.478 e. The minimum Gasteiger partial charge on any atom is -0.478 e. The van der Waals surface area contributed by atoms with Crippen molar-refractivity contribution in [3.8, 4) is 0 Å². The van der Waals surface area contributed by atoms with E-state index in [9.17, 15) is 14.4 Å². The summed E-state index contributed by atoms with van der Waals surface area (Å²) < 4.78 is 0. The van der Waals surface area contributed by atoms with Crippen LogP contribution in [-0.4, -0.2) is 38.2 Å². The normalized spacial score (nSPS) is 10.3. The molecule has 7 heteroatoms. The summed E-state index contributed by atoms with van der Waals surface area (Å²) in [5, 5.41) is 27.0. The number of para-hydroxylation sites is 1. The van der Waals surface area contributed by atoms with Crippen molar-refractivity contribution in [2.45, 2.75) is 0 Å². The molecule has 0 aliphatic heterocycles. The summed E-state index contributed by atoms with van der Waals surface area (Å²) in [6, 6.07) is 3.93. The molecular weight excluding hydrogens is 254 g/mol. The van der Waals surface area contributed by atoms with Crippen molar-refractivity contribution in [3.63, 3.8) is 0 Å². The lowest BCUT2D eigenvalue weighted by Gasteiger charge is -2.07. The smallest absolute Gasteiger partial charge is 0.338 e. The summed E-state index contributed by atoms with van der Waals surface area (Å²) in [6.07, 6.45) is 0.848. The zero-order valence-electron chi connectivity index (χ0n) is 9.32. The minimum atomic E-state index is -1.45. The molecule has 96 valence electrons. The Labute approximate surface area is 105 Å². The van der Waals surface area contributed by atoms with Crippen molar-refractivity contribution in [1.82, 2.24) is 4.98 Å². The number of pyridine rings is 1. The van der Waals surface area contributed by atoms with Crippen LogP contribution in [0.5, 0.6) is 0 Å². The van der Waals surface area contributed by atoms with E-state index in [0.717, 1.165) is 6.20 Å². The lowest BCUT2D eigenvalue weighted by atomic mass is 10.0. The highest BCUT2D eigenvalue weighted by atomic mass is 16.4. The van der Waals surface area contributed by atoms with Crippen molar-refractivity contribution < 1.29 is 29.7 Å². The van der Waals surface area contributed by atoms with E-state index in [1.807, 2.05) is 0 Å². The molecule has 2 rings (SSSR count). The number of aromatic carboxylic acids is 3. The molecule has 1 aromatic heterocycles. The highest BCUT2D eigenvalue weighted by molar-refractivity contribution is 6.13. The van der Waals surface area contributed by atoms with Crippen molar-refractivity contribution in [1.29, 1.82) is 0 Å². The van der Waals surface area contributed by atoms with Gasteiger partial charge < -0.3 is 15.3 Å². The highest BCUT2D eigenvalue weighted by Crippen LogP contribution is 2.23. The van der Waals surface area contributed by atoms with Gasteiger partial charge in [0.2, 0.25) is 0 Å². The van der Waals surface area contributed by atoms with E-state index < -0.39 is 29.0 Å². The summed E-state index contributed by atoms with van der Waals surface area (Å²) in [6.45, 7) is 0. The number of aromatic nitrogens is 1. The van der Waals surface area contributed by atoms with Crippen LogP contribution in [0.15, 0.2) is 24.4 Å². The zero-order chi connectivity index (χ0) is 14.2. The number of fused-ring (bicyclic) bond motifs is 1. The highest BCUT2D eigenvalue weighted by Gasteiger charge is 2.22. The molecule has 0 amide bonds. The first-order chi connectivity index (χ1) is 8.93. The minimum absolute atomic E-state index is 0.0210. The third-order valence-electron chi connectivity index (χ3n) is 2.57. The predicted molar refractivity (Wildman–Crippen MR) is 62.6 cm³/mol. The van der Waals surface area contributed by atoms with Gasteiger partial charge in [-0.25, -0.2) is 14.4 Å². The van der Waals surface area contributed by atoms with Gasteiger partial charge in [0.05, 0.1) is 22.2 Å². The van der Waals surface area contributed by atoms with E-state index in [4.69, 9.17) is 15.3 Å². The molecule has 0 saturated carbocycles. The number of nitrogens with zero attached hydrogens (tertiary/aromatic N) is 1. The summed E-state index contributed by atoms with van der Waals surface area (Å²) >= 11 is 0. The van der Waals surface area contributed by atoms with E-state index in [1.54, 1.807) is 0 Å². The molecule has 0 aliphatic rings. The topological polar surface area (TPSA) is 125 Å². The van der Waals surface area contributed by atoms with Gasteiger partial charge in [-0.05, 0) is 6.07 Å². The van der Waals surface area contributed by atoms with Crippen LogP contribution in [0.4, 0.5) is 0 Å². The number of rotatable bonds is 3. The first kappa shape index (κ1) is 12.5. The van der Waals surface area contributed by atoms with E-state index >= 15 is 0 Å². The SMILES string of the molecule is O=C(O)c1cnc2c(C(=O)O)cccc2c1C(=O)O. The van der Waals surface area contributed by atoms with Crippen LogP contribution in [0, 0.1) is 0 Å². The number of hydrogen-bond donors (Lipinski definition) is 3. The average Bonchev–Trinajstić information content (AvgIpc) is 2.35. The Bertz CT molecular complexity index is 721. The molecule has 1 heterocycles. The fourth-order valence-electron chi connectivity index (χ4n) is 1.79. The van der Waals surface area contributed by atoms with Crippen LogP contribution in [0.3, 0.4) is 0 Å². The van der Waals surface area contributed by atoms with Crippen molar-refractivity contribution >= 4 is 28.8 Å². The number of carboxylic acid groups (broad SMARTS) is 3. The Morgan fingerprint density at radius 1 is 0.895 bits per heavy atom. The van der Waals surface area contributed by atoms with Gasteiger partial charge >= 0.3 is 17.9 Å². The first-order valence-electron chi connectivity index (χ1n) is 5.05. The van der Waals surface area contributed by atoms with Gasteiger partial charge in [0.25, 0.3) is 0 Å². The van der Waals surface area contributed by atoms with Gasteiger partial charge in [-0.15, -0.1) is 0 Å². The standard InChI is InChI=1S/C12H7NO6/c14-10(15)6-3-1-2-5-8(12(18)19)7(11(16)17)4-13-9(5)6/h1-4H,(H,14,15)(H,16,17)(H,18,19). The molecule has 1 aromatic carbocycles. The molecule has 3 N–H and O–H groups in total. The first-order valence-corrected chi connectivity index (χ1v) is 5.05. The van der Waals surface area contributed by atoms with Crippen LogP contribution >= 0.6 is 0 Å². The van der Waals surface area contributed by atoms with Crippen molar-refractivity contribution in [3.05, 3.63) is 41.1 Å². The molecule has 2 aromatic rings. The summed E-state index contributed by atoms with van der Waals surface area (Å²) in [5.41, 5.74) is -1.20. The summed E-state index contributed by atoms with van der Waals surface area (Å²) in [5.74, 6) is -4.16. The monoisotopic (exact) mass is 261 g/mol. The second-order valence-corrected chi connectivity index (χ2v) is 3.66. The lowest BCUT2D eigenvalue weighted by Crippen LogP contribution is -2.11. The zero-order valence-corrected chi connectivity index (χ0v) is 9.32. The van der Waals surface area contributed by atoms with Crippen molar-refractivity contribution in [2.24, 2.45) is 0 Å². The molecule has 0 unspecified atom stereocenters. The van der Waals surface area contributed by atoms with E-state index in [2.05, 4.69) is 4.98 Å². The fraction of sp³-hybridized carbons (Fsp3) is 0. The molecule has 0 aliphatic carbocycles. The third-order valence-corrected chi connectivity index (χ3v) is 2.57. The van der Waals surface area contributed by atoms with Gasteiger partial charge in [-0.3, -0.25) is 4.98 Å². The molecule has 19 heavy (non-hydrogen) atoms. The Morgan fingerprint density at radius 2 is 1.53 bits per heavy atom. The molecule has 0 atom stereocenters. The molecule has 0 saturated heterocycles. The number of benzene rings is 1. The van der Waals surface area contributed by atoms with E-state index in [-0.39, 0.29) is 16.5 Å². The maximum atomic E-state index is 11.2. The quantitative estimate of drug-likeness (QED) is 0.760. The summed E-state index contributed by atoms with van der Waals surface area (Å²) in [4.78, 5) is 36.9. The maximum Gasteiger partial charge on any atom is 0.338 e. The molecule has 0 radical (unpaired) electrons. The second kappa shape index (κ2) is 4.37. The van der Waals surface area contributed by atoms with E-state index in [1.165, 1.54) is 18.2 Å². The van der Waals surface area contributed by atoms with E-state index in [0.29, 0.717) is 0 Å². The molecule has 0 fully saturated rings. The van der Waals surface area contributed by atoms with Gasteiger partial charge in [-0.1, -0.05) is 12.1 Å². The van der Waals surface area contributed by atoms with Crippen LogP contribution < -0.4 is 0 Å². The van der Waals surface area contributed by atoms with Crippen molar-refractivity contribution in [2.75, 3.05) is 0 Å². The number of carboxylic acids is 3. The van der Waals surface area contributed by atoms with Gasteiger partial charge in [0.15, 0.2) is 0 Å². The predicted octanol–water partition coefficient (Wildman–Crippen LogP) is 1.33. The maximum absolute atomic E-state index is 11.2. The molecule has 7 nitrogen and oxygen atoms in total. The number of hydrogen-bond acceptors (Lipinski definition) is 4. The van der Waals surface area contributed by atoms with Gasteiger partial charge in [-0.2, -0.15) is 0 Å². The molecular formula is C12H7NO6. The molecule has 0 spiro atoms. The molecule has 0 bridgehead atoms. The van der Waals surface area contributed by atoms with Gasteiger partial charge in [0, 0.05) is 11.6 Å². The third kappa shape index (κ3) is 1.97. The van der Waals surface area contributed by atoms with Gasteiger partial charge in [0.1, 0.15) is 0 Å². The fourth-order valence-corrected chi connectivity index (χ4v) is 1.79. The van der Waals surface area contributed by atoms with Crippen LogP contribution in [0.25, 0.3) is 10.9 Å². The Balaban J connectivity index is 2.95. The lowest BCUT2D eigenvalue weighted by molar-refractivity contribution is 0.0652. The van der Waals surface area contributed by atoms with Crippen LogP contribution in [0.2, 0.25) is 0 Å². The van der Waals surface area contributed by atoms with Crippen LogP contribution in [0.1, 0.15) is 31.1 Å². The number of carbonyl (C=O) groups is 3. The van der Waals surface area contributed by atoms with Crippen LogP contribution in [-0.2, 0) is 0 Å². The Kier molecular flexibility index (Phi) is 2.88. The Morgan fingerprint density at radius 3 is 2.05 bits per heavy atom. The average molecular weight is 261 g/mol. The summed E-state index contributed by atoms with van der Waals surface area (Å²) in [7, 11) is 0. The Hall–Kier alpha value is -2.96. The second-order valence-electron chi connectivity index (χ2n) is 3.66.